The maximum absolute atomic E-state index is 9.96. The highest BCUT2D eigenvalue weighted by Gasteiger charge is 2.44. The summed E-state index contributed by atoms with van der Waals surface area (Å²) in [5, 5.41) is 19.8. The molecular formula is C14H26O2. The summed E-state index contributed by atoms with van der Waals surface area (Å²) in [6.07, 6.45) is 3.67. The predicted octanol–water partition coefficient (Wildman–Crippen LogP) is 2.44. The first kappa shape index (κ1) is 12.4. The Bertz CT molecular complexity index is 237. The van der Waals surface area contributed by atoms with E-state index in [0.717, 1.165) is 18.3 Å². The second-order valence-corrected chi connectivity index (χ2v) is 6.39. The smallest absolute Gasteiger partial charge is 0.0827 e. The van der Waals surface area contributed by atoms with Crippen LogP contribution in [0.4, 0.5) is 0 Å². The summed E-state index contributed by atoms with van der Waals surface area (Å²) in [7, 11) is 0. The molecule has 2 rings (SSSR count). The van der Waals surface area contributed by atoms with Crippen molar-refractivity contribution in [3.8, 4) is 0 Å². The Balaban J connectivity index is 2.05. The van der Waals surface area contributed by atoms with Crippen LogP contribution in [0, 0.1) is 29.6 Å². The van der Waals surface area contributed by atoms with Gasteiger partial charge in [0.1, 0.15) is 0 Å². The zero-order valence-electron chi connectivity index (χ0n) is 10.8. The highest BCUT2D eigenvalue weighted by Crippen LogP contribution is 2.47. The van der Waals surface area contributed by atoms with Gasteiger partial charge in [-0.15, -0.1) is 0 Å². The maximum Gasteiger partial charge on any atom is 0.0827 e. The van der Waals surface area contributed by atoms with E-state index in [1.54, 1.807) is 0 Å². The molecule has 0 amide bonds. The molecule has 2 aliphatic carbocycles. The fraction of sp³-hybridized carbons (Fsp3) is 1.00. The Labute approximate surface area is 99.1 Å². The van der Waals surface area contributed by atoms with E-state index in [-0.39, 0.29) is 5.92 Å². The first-order chi connectivity index (χ1) is 7.50. The average molecular weight is 226 g/mol. The van der Waals surface area contributed by atoms with Crippen LogP contribution in [-0.2, 0) is 0 Å². The summed E-state index contributed by atoms with van der Waals surface area (Å²) in [5.74, 6) is 3.15. The second kappa shape index (κ2) is 4.66. The molecule has 16 heavy (non-hydrogen) atoms. The van der Waals surface area contributed by atoms with Gasteiger partial charge >= 0.3 is 0 Å². The Morgan fingerprint density at radius 2 is 1.75 bits per heavy atom. The predicted molar refractivity (Wildman–Crippen MR) is 65.0 cm³/mol. The third-order valence-electron chi connectivity index (χ3n) is 5.18. The molecule has 0 bridgehead atoms. The third kappa shape index (κ3) is 2.14. The summed E-state index contributed by atoms with van der Waals surface area (Å²) in [6, 6.07) is 0. The fourth-order valence-electron chi connectivity index (χ4n) is 3.90. The Hall–Kier alpha value is -0.0800. The van der Waals surface area contributed by atoms with E-state index >= 15 is 0 Å². The normalized spacial score (nSPS) is 49.1. The van der Waals surface area contributed by atoms with Gasteiger partial charge in [-0.1, -0.05) is 20.8 Å². The lowest BCUT2D eigenvalue weighted by Crippen LogP contribution is -2.48. The minimum absolute atomic E-state index is 0.273. The highest BCUT2D eigenvalue weighted by molar-refractivity contribution is 4.94. The molecule has 0 radical (unpaired) electrons. The Morgan fingerprint density at radius 3 is 2.38 bits per heavy atom. The van der Waals surface area contributed by atoms with E-state index in [1.165, 1.54) is 19.3 Å². The average Bonchev–Trinajstić information content (AvgIpc) is 2.25. The monoisotopic (exact) mass is 226 g/mol. The standard InChI is InChI=1S/C14H26O2/c1-8(2)10-4-5-11-7-13(15)14(16)9(3)12(11)6-10/h8-16H,4-7H2,1-3H3. The molecule has 0 saturated heterocycles. The number of hydrogen-bond acceptors (Lipinski definition) is 2. The summed E-state index contributed by atoms with van der Waals surface area (Å²) < 4.78 is 0. The van der Waals surface area contributed by atoms with E-state index in [1.807, 2.05) is 0 Å². The second-order valence-electron chi connectivity index (χ2n) is 6.39. The van der Waals surface area contributed by atoms with Crippen molar-refractivity contribution in [3.63, 3.8) is 0 Å². The van der Waals surface area contributed by atoms with Crippen LogP contribution in [0.15, 0.2) is 0 Å². The van der Waals surface area contributed by atoms with Gasteiger partial charge in [0.25, 0.3) is 0 Å². The number of rotatable bonds is 1. The molecule has 0 spiro atoms. The Kier molecular flexibility index (Phi) is 3.60. The molecule has 6 atom stereocenters. The van der Waals surface area contributed by atoms with Gasteiger partial charge in [0.05, 0.1) is 12.2 Å². The Morgan fingerprint density at radius 1 is 1.06 bits per heavy atom. The molecule has 0 aromatic rings. The first-order valence-electron chi connectivity index (χ1n) is 6.86. The van der Waals surface area contributed by atoms with Gasteiger partial charge < -0.3 is 10.2 Å². The van der Waals surface area contributed by atoms with Gasteiger partial charge in [0, 0.05) is 0 Å². The van der Waals surface area contributed by atoms with Crippen LogP contribution in [0.3, 0.4) is 0 Å². The molecule has 0 aromatic heterocycles. The quantitative estimate of drug-likeness (QED) is 0.721. The minimum Gasteiger partial charge on any atom is -0.390 e. The van der Waals surface area contributed by atoms with Gasteiger partial charge in [0.2, 0.25) is 0 Å². The van der Waals surface area contributed by atoms with Crippen molar-refractivity contribution in [2.45, 2.75) is 58.7 Å². The molecule has 2 heteroatoms. The summed E-state index contributed by atoms with van der Waals surface area (Å²) in [4.78, 5) is 0. The van der Waals surface area contributed by atoms with Crippen LogP contribution in [0.5, 0.6) is 0 Å². The number of hydrogen-bond donors (Lipinski definition) is 2. The lowest BCUT2D eigenvalue weighted by atomic mass is 9.60. The molecule has 0 aromatic carbocycles. The number of aliphatic hydroxyl groups is 2. The van der Waals surface area contributed by atoms with Crippen molar-refractivity contribution in [1.82, 2.24) is 0 Å². The van der Waals surface area contributed by atoms with Gasteiger partial charge in [-0.3, -0.25) is 0 Å². The largest absolute Gasteiger partial charge is 0.390 e. The van der Waals surface area contributed by atoms with Crippen molar-refractivity contribution in [1.29, 1.82) is 0 Å². The van der Waals surface area contributed by atoms with Crippen molar-refractivity contribution in [2.24, 2.45) is 29.6 Å². The summed E-state index contributed by atoms with van der Waals surface area (Å²) in [6.45, 7) is 6.74. The molecule has 2 fully saturated rings. The van der Waals surface area contributed by atoms with Crippen LogP contribution in [0.2, 0.25) is 0 Å². The molecule has 0 aliphatic heterocycles. The van der Waals surface area contributed by atoms with Crippen molar-refractivity contribution < 1.29 is 10.2 Å². The van der Waals surface area contributed by atoms with E-state index in [2.05, 4.69) is 20.8 Å². The van der Waals surface area contributed by atoms with E-state index in [9.17, 15) is 10.2 Å². The van der Waals surface area contributed by atoms with Crippen LogP contribution in [0.25, 0.3) is 0 Å². The topological polar surface area (TPSA) is 40.5 Å². The van der Waals surface area contributed by atoms with Crippen LogP contribution < -0.4 is 0 Å². The van der Waals surface area contributed by atoms with E-state index in [0.29, 0.717) is 11.8 Å². The molecule has 2 saturated carbocycles. The molecule has 2 aliphatic rings. The van der Waals surface area contributed by atoms with Crippen LogP contribution in [-0.4, -0.2) is 22.4 Å². The lowest BCUT2D eigenvalue weighted by Gasteiger charge is -2.47. The summed E-state index contributed by atoms with van der Waals surface area (Å²) >= 11 is 0. The number of fused-ring (bicyclic) bond motifs is 1. The van der Waals surface area contributed by atoms with Crippen LogP contribution >= 0.6 is 0 Å². The molecule has 6 unspecified atom stereocenters. The maximum atomic E-state index is 9.96. The van der Waals surface area contributed by atoms with Crippen molar-refractivity contribution in [3.05, 3.63) is 0 Å². The SMILES string of the molecule is CC(C)C1CCC2CC(O)C(O)C(C)C2C1. The highest BCUT2D eigenvalue weighted by atomic mass is 16.3. The fourth-order valence-corrected chi connectivity index (χ4v) is 3.90. The molecule has 0 heterocycles. The molecular weight excluding hydrogens is 200 g/mol. The minimum atomic E-state index is -0.493. The van der Waals surface area contributed by atoms with Gasteiger partial charge in [-0.05, 0) is 55.3 Å². The molecule has 2 N–H and O–H groups in total. The first-order valence-corrected chi connectivity index (χ1v) is 6.86. The lowest BCUT2D eigenvalue weighted by molar-refractivity contribution is -0.101. The van der Waals surface area contributed by atoms with Crippen LogP contribution in [0.1, 0.15) is 46.5 Å². The number of aliphatic hydroxyl groups excluding tert-OH is 2. The van der Waals surface area contributed by atoms with E-state index in [4.69, 9.17) is 0 Å². The van der Waals surface area contributed by atoms with Gasteiger partial charge in [0.15, 0.2) is 0 Å². The third-order valence-corrected chi connectivity index (χ3v) is 5.18. The summed E-state index contributed by atoms with van der Waals surface area (Å²) in [5.41, 5.74) is 0. The molecule has 94 valence electrons. The zero-order valence-corrected chi connectivity index (χ0v) is 10.8. The van der Waals surface area contributed by atoms with Gasteiger partial charge in [-0.2, -0.15) is 0 Å². The zero-order chi connectivity index (χ0) is 11.9. The van der Waals surface area contributed by atoms with Gasteiger partial charge in [-0.25, -0.2) is 0 Å². The molecule has 2 nitrogen and oxygen atoms in total. The van der Waals surface area contributed by atoms with E-state index < -0.39 is 12.2 Å². The van der Waals surface area contributed by atoms with Crippen molar-refractivity contribution in [2.75, 3.05) is 0 Å². The van der Waals surface area contributed by atoms with Crippen molar-refractivity contribution >= 4 is 0 Å².